The Balaban J connectivity index is 1.21. The summed E-state index contributed by atoms with van der Waals surface area (Å²) in [5.74, 6) is 1.72. The number of aromatic nitrogens is 2. The van der Waals surface area contributed by atoms with E-state index in [2.05, 4.69) is 37.7 Å². The molecule has 2 saturated heterocycles. The molecule has 4 heterocycles. The van der Waals surface area contributed by atoms with Gasteiger partial charge in [0.25, 0.3) is 0 Å². The van der Waals surface area contributed by atoms with Crippen molar-refractivity contribution in [2.24, 2.45) is 5.92 Å². The molecule has 0 radical (unpaired) electrons. The first kappa shape index (κ1) is 16.3. The zero-order valence-corrected chi connectivity index (χ0v) is 14.9. The molecule has 0 bridgehead atoms. The lowest BCUT2D eigenvalue weighted by molar-refractivity contribution is 0.0216. The van der Waals surface area contributed by atoms with Gasteiger partial charge in [0.05, 0.1) is 11.0 Å². The monoisotopic (exact) mass is 346 g/mol. The molecule has 0 aliphatic carbocycles. The van der Waals surface area contributed by atoms with Crippen molar-refractivity contribution in [3.63, 3.8) is 0 Å². The largest absolute Gasteiger partial charge is 0.377 e. The topological polar surface area (TPSA) is 53.2 Å². The Kier molecular flexibility index (Phi) is 5.27. The van der Waals surface area contributed by atoms with Crippen LogP contribution in [0.5, 0.6) is 0 Å². The van der Waals surface area contributed by atoms with Crippen LogP contribution in [0.15, 0.2) is 23.7 Å². The molecule has 2 aliphatic heterocycles. The molecule has 2 aliphatic rings. The van der Waals surface area contributed by atoms with Crippen molar-refractivity contribution in [2.75, 3.05) is 32.8 Å². The van der Waals surface area contributed by atoms with Gasteiger partial charge in [0.1, 0.15) is 5.82 Å². The fraction of sp³-hybridized carbons (Fsp3) is 0.611. The maximum absolute atomic E-state index is 6.04. The van der Waals surface area contributed by atoms with Crippen molar-refractivity contribution >= 4 is 11.3 Å². The molecular weight excluding hydrogens is 320 g/mol. The second-order valence-electron chi connectivity index (χ2n) is 6.90. The first-order valence-corrected chi connectivity index (χ1v) is 9.87. The van der Waals surface area contributed by atoms with Gasteiger partial charge in [-0.15, -0.1) is 11.3 Å². The minimum atomic E-state index is 0.448. The van der Waals surface area contributed by atoms with Gasteiger partial charge in [-0.1, -0.05) is 6.07 Å². The first-order valence-electron chi connectivity index (χ1n) is 8.99. The van der Waals surface area contributed by atoms with Gasteiger partial charge in [0.2, 0.25) is 0 Å². The highest BCUT2D eigenvalue weighted by atomic mass is 32.1. The Labute approximate surface area is 147 Å². The van der Waals surface area contributed by atoms with Gasteiger partial charge in [-0.3, -0.25) is 4.90 Å². The Morgan fingerprint density at radius 1 is 1.29 bits per heavy atom. The fourth-order valence-electron chi connectivity index (χ4n) is 3.57. The van der Waals surface area contributed by atoms with Crippen LogP contribution in [0.1, 0.15) is 25.0 Å². The summed E-state index contributed by atoms with van der Waals surface area (Å²) in [6.07, 6.45) is 6.09. The number of nitrogens with zero attached hydrogens (tertiary/aromatic N) is 2. The minimum Gasteiger partial charge on any atom is -0.377 e. The third-order valence-corrected chi connectivity index (χ3v) is 5.94. The van der Waals surface area contributed by atoms with E-state index in [0.29, 0.717) is 6.10 Å². The van der Waals surface area contributed by atoms with Crippen molar-refractivity contribution in [3.05, 3.63) is 29.4 Å². The molecule has 0 amide bonds. The van der Waals surface area contributed by atoms with E-state index in [0.717, 1.165) is 51.1 Å². The molecule has 1 atom stereocenters. The van der Waals surface area contributed by atoms with E-state index < -0.39 is 0 Å². The average Bonchev–Trinajstić information content (AvgIpc) is 3.36. The number of hydrogen-bond acceptors (Lipinski definition) is 5. The van der Waals surface area contributed by atoms with Gasteiger partial charge in [-0.25, -0.2) is 4.98 Å². The molecule has 1 unspecified atom stereocenters. The molecule has 6 heteroatoms. The zero-order valence-electron chi connectivity index (χ0n) is 14.0. The number of ether oxygens (including phenoxy) is 1. The van der Waals surface area contributed by atoms with Crippen LogP contribution in [0.2, 0.25) is 0 Å². The highest BCUT2D eigenvalue weighted by Gasteiger charge is 2.22. The number of H-pyrrole nitrogens is 1. The van der Waals surface area contributed by atoms with Gasteiger partial charge in [0, 0.05) is 31.6 Å². The zero-order chi connectivity index (χ0) is 16.2. The van der Waals surface area contributed by atoms with E-state index >= 15 is 0 Å². The standard InChI is InChI=1S/C18H26N4OS/c1-2-17(24-9-1)18-20-10-15(21-18)12-22-7-4-14(5-8-22)13-23-16-3-6-19-11-16/h1-2,9-10,14,16,19H,3-8,11-13H2,(H,20,21). The molecular formula is C18H26N4OS. The van der Waals surface area contributed by atoms with E-state index in [4.69, 9.17) is 4.74 Å². The number of hydrogen-bond donors (Lipinski definition) is 2. The number of rotatable bonds is 6. The van der Waals surface area contributed by atoms with E-state index in [9.17, 15) is 0 Å². The molecule has 2 fully saturated rings. The van der Waals surface area contributed by atoms with Crippen LogP contribution in [0.4, 0.5) is 0 Å². The number of piperidine rings is 1. The number of aromatic amines is 1. The van der Waals surface area contributed by atoms with Crippen LogP contribution < -0.4 is 5.32 Å². The lowest BCUT2D eigenvalue weighted by Crippen LogP contribution is -2.35. The quantitative estimate of drug-likeness (QED) is 0.844. The smallest absolute Gasteiger partial charge is 0.147 e. The van der Waals surface area contributed by atoms with Crippen LogP contribution in [0.25, 0.3) is 10.7 Å². The molecule has 2 aromatic heterocycles. The summed E-state index contributed by atoms with van der Waals surface area (Å²) in [5.41, 5.74) is 1.21. The molecule has 130 valence electrons. The second kappa shape index (κ2) is 7.78. The maximum Gasteiger partial charge on any atom is 0.147 e. The molecule has 2 aromatic rings. The summed E-state index contributed by atoms with van der Waals surface area (Å²) in [7, 11) is 0. The highest BCUT2D eigenvalue weighted by molar-refractivity contribution is 7.13. The summed E-state index contributed by atoms with van der Waals surface area (Å²) in [6.45, 7) is 6.37. The Morgan fingerprint density at radius 2 is 2.21 bits per heavy atom. The van der Waals surface area contributed by atoms with E-state index in [1.54, 1.807) is 11.3 Å². The molecule has 2 N–H and O–H groups in total. The van der Waals surface area contributed by atoms with Gasteiger partial charge in [0.15, 0.2) is 0 Å². The molecule has 4 rings (SSSR count). The van der Waals surface area contributed by atoms with Gasteiger partial charge in [-0.05, 0) is 56.3 Å². The maximum atomic E-state index is 6.04. The number of nitrogens with one attached hydrogen (secondary N) is 2. The molecule has 0 aromatic carbocycles. The number of likely N-dealkylation sites (tertiary alicyclic amines) is 1. The molecule has 5 nitrogen and oxygen atoms in total. The summed E-state index contributed by atoms with van der Waals surface area (Å²) in [5, 5.41) is 5.45. The van der Waals surface area contributed by atoms with Crippen LogP contribution >= 0.6 is 11.3 Å². The minimum absolute atomic E-state index is 0.448. The van der Waals surface area contributed by atoms with Crippen molar-refractivity contribution in [2.45, 2.75) is 31.9 Å². The van der Waals surface area contributed by atoms with Crippen LogP contribution in [0.3, 0.4) is 0 Å². The SMILES string of the molecule is c1csc(-c2ncc(CN3CCC(COC4CCNC4)CC3)[nH]2)c1. The Bertz CT molecular complexity index is 613. The number of imidazole rings is 1. The average molecular weight is 347 g/mol. The van der Waals surface area contributed by atoms with Crippen LogP contribution in [-0.4, -0.2) is 53.8 Å². The first-order chi connectivity index (χ1) is 11.9. The third kappa shape index (κ3) is 4.06. The van der Waals surface area contributed by atoms with E-state index in [1.807, 2.05) is 6.20 Å². The molecule has 0 saturated carbocycles. The van der Waals surface area contributed by atoms with E-state index in [1.165, 1.54) is 29.8 Å². The second-order valence-corrected chi connectivity index (χ2v) is 7.85. The molecule has 24 heavy (non-hydrogen) atoms. The number of thiophene rings is 1. The molecule has 0 spiro atoms. The predicted molar refractivity (Wildman–Crippen MR) is 97.1 cm³/mol. The van der Waals surface area contributed by atoms with Crippen molar-refractivity contribution in [1.29, 1.82) is 0 Å². The van der Waals surface area contributed by atoms with Crippen molar-refractivity contribution < 1.29 is 4.74 Å². The highest BCUT2D eigenvalue weighted by Crippen LogP contribution is 2.23. The Hall–Kier alpha value is -1.21. The lowest BCUT2D eigenvalue weighted by Gasteiger charge is -2.31. The fourth-order valence-corrected chi connectivity index (χ4v) is 4.25. The van der Waals surface area contributed by atoms with Crippen LogP contribution in [0, 0.1) is 5.92 Å². The van der Waals surface area contributed by atoms with Gasteiger partial charge >= 0.3 is 0 Å². The Morgan fingerprint density at radius 3 is 2.96 bits per heavy atom. The lowest BCUT2D eigenvalue weighted by atomic mass is 9.97. The van der Waals surface area contributed by atoms with Crippen molar-refractivity contribution in [3.8, 4) is 10.7 Å². The summed E-state index contributed by atoms with van der Waals surface area (Å²) in [6, 6.07) is 4.18. The van der Waals surface area contributed by atoms with Gasteiger partial charge < -0.3 is 15.0 Å². The summed E-state index contributed by atoms with van der Waals surface area (Å²) < 4.78 is 6.04. The van der Waals surface area contributed by atoms with E-state index in [-0.39, 0.29) is 0 Å². The summed E-state index contributed by atoms with van der Waals surface area (Å²) in [4.78, 5) is 11.7. The van der Waals surface area contributed by atoms with Crippen molar-refractivity contribution in [1.82, 2.24) is 20.2 Å². The normalized spacial score (nSPS) is 23.1. The van der Waals surface area contributed by atoms with Gasteiger partial charge in [-0.2, -0.15) is 0 Å². The predicted octanol–water partition coefficient (Wildman–Crippen LogP) is 2.73. The third-order valence-electron chi connectivity index (χ3n) is 5.07. The summed E-state index contributed by atoms with van der Waals surface area (Å²) >= 11 is 1.73. The van der Waals surface area contributed by atoms with Crippen LogP contribution in [-0.2, 0) is 11.3 Å².